The Labute approximate surface area is 130 Å². The van der Waals surface area contributed by atoms with Crippen molar-refractivity contribution in [2.75, 3.05) is 6.61 Å². The van der Waals surface area contributed by atoms with Gasteiger partial charge in [0.05, 0.1) is 11.3 Å². The molecule has 2 rings (SSSR count). The smallest absolute Gasteiger partial charge is 0.275 e. The molecule has 2 aromatic rings. The number of amides is 1. The number of ether oxygens (including phenoxy) is 1. The fraction of sp³-hybridized carbons (Fsp3) is 0.111. The molecule has 0 unspecified atom stereocenters. The molecule has 1 amide bonds. The Morgan fingerprint density at radius 3 is 2.59 bits per heavy atom. The third kappa shape index (κ3) is 4.06. The molecule has 4 heteroatoms. The second-order valence-electron chi connectivity index (χ2n) is 4.60. The Balaban J connectivity index is 2.11. The van der Waals surface area contributed by atoms with Crippen molar-refractivity contribution >= 4 is 11.6 Å². The molecule has 0 fully saturated rings. The molecular formula is C18H18N2O2. The minimum Gasteiger partial charge on any atom is -0.489 e. The SMILES string of the molecule is C=CCOc1ccccc1C(=O)NN=C(C)c1ccccc1. The molecule has 0 saturated heterocycles. The minimum absolute atomic E-state index is 0.310. The first-order valence-electron chi connectivity index (χ1n) is 6.95. The van der Waals surface area contributed by atoms with Crippen LogP contribution < -0.4 is 10.2 Å². The van der Waals surface area contributed by atoms with E-state index in [4.69, 9.17) is 4.74 Å². The van der Waals surface area contributed by atoms with Gasteiger partial charge in [-0.1, -0.05) is 55.1 Å². The van der Waals surface area contributed by atoms with Crippen LogP contribution in [0.2, 0.25) is 0 Å². The van der Waals surface area contributed by atoms with E-state index in [0.717, 1.165) is 11.3 Å². The van der Waals surface area contributed by atoms with Crippen molar-refractivity contribution in [1.29, 1.82) is 0 Å². The Hall–Kier alpha value is -2.88. The lowest BCUT2D eigenvalue weighted by molar-refractivity contribution is 0.0951. The number of rotatable bonds is 6. The van der Waals surface area contributed by atoms with Crippen LogP contribution in [-0.4, -0.2) is 18.2 Å². The summed E-state index contributed by atoms with van der Waals surface area (Å²) in [6.07, 6.45) is 1.63. The van der Waals surface area contributed by atoms with E-state index in [2.05, 4.69) is 17.1 Å². The second kappa shape index (κ2) is 7.78. The number of hydrazone groups is 1. The highest BCUT2D eigenvalue weighted by atomic mass is 16.5. The lowest BCUT2D eigenvalue weighted by Crippen LogP contribution is -2.20. The molecule has 0 atom stereocenters. The van der Waals surface area contributed by atoms with E-state index in [1.807, 2.05) is 43.3 Å². The van der Waals surface area contributed by atoms with Gasteiger partial charge in [-0.3, -0.25) is 4.79 Å². The topological polar surface area (TPSA) is 50.7 Å². The van der Waals surface area contributed by atoms with E-state index in [1.165, 1.54) is 0 Å². The van der Waals surface area contributed by atoms with E-state index >= 15 is 0 Å². The van der Waals surface area contributed by atoms with E-state index in [1.54, 1.807) is 24.3 Å². The summed E-state index contributed by atoms with van der Waals surface area (Å²) in [4.78, 5) is 12.2. The average molecular weight is 294 g/mol. The lowest BCUT2D eigenvalue weighted by Gasteiger charge is -2.09. The number of hydrogen-bond acceptors (Lipinski definition) is 3. The van der Waals surface area contributed by atoms with E-state index in [-0.39, 0.29) is 5.91 Å². The number of para-hydroxylation sites is 1. The first kappa shape index (κ1) is 15.5. The Bertz CT molecular complexity index is 678. The van der Waals surface area contributed by atoms with Gasteiger partial charge < -0.3 is 4.74 Å². The van der Waals surface area contributed by atoms with Gasteiger partial charge in [0.2, 0.25) is 0 Å². The van der Waals surface area contributed by atoms with Crippen LogP contribution in [0.25, 0.3) is 0 Å². The molecule has 0 heterocycles. The summed E-state index contributed by atoms with van der Waals surface area (Å²) in [5, 5.41) is 4.13. The molecular weight excluding hydrogens is 276 g/mol. The third-order valence-electron chi connectivity index (χ3n) is 3.01. The molecule has 4 nitrogen and oxygen atoms in total. The van der Waals surface area contributed by atoms with Gasteiger partial charge >= 0.3 is 0 Å². The van der Waals surface area contributed by atoms with Crippen molar-refractivity contribution in [2.45, 2.75) is 6.92 Å². The zero-order chi connectivity index (χ0) is 15.8. The first-order chi connectivity index (χ1) is 10.7. The molecule has 2 aromatic carbocycles. The van der Waals surface area contributed by atoms with E-state index < -0.39 is 0 Å². The van der Waals surface area contributed by atoms with Crippen LogP contribution in [0, 0.1) is 0 Å². The summed E-state index contributed by atoms with van der Waals surface area (Å²) in [6, 6.07) is 16.7. The van der Waals surface area contributed by atoms with E-state index in [0.29, 0.717) is 17.9 Å². The number of nitrogens with one attached hydrogen (secondary N) is 1. The van der Waals surface area contributed by atoms with Gasteiger partial charge in [0.15, 0.2) is 0 Å². The molecule has 0 radical (unpaired) electrons. The van der Waals surface area contributed by atoms with Crippen molar-refractivity contribution < 1.29 is 9.53 Å². The number of carbonyl (C=O) groups excluding carboxylic acids is 1. The van der Waals surface area contributed by atoms with Crippen LogP contribution in [0.5, 0.6) is 5.75 Å². The quantitative estimate of drug-likeness (QED) is 0.504. The number of hydrogen-bond donors (Lipinski definition) is 1. The summed E-state index contributed by atoms with van der Waals surface area (Å²) in [7, 11) is 0. The van der Waals surface area contributed by atoms with Crippen molar-refractivity contribution in [2.24, 2.45) is 5.10 Å². The predicted molar refractivity (Wildman–Crippen MR) is 88.3 cm³/mol. The van der Waals surface area contributed by atoms with Crippen molar-refractivity contribution in [3.63, 3.8) is 0 Å². The monoisotopic (exact) mass is 294 g/mol. The fourth-order valence-electron chi connectivity index (χ4n) is 1.87. The number of benzene rings is 2. The molecule has 0 aliphatic rings. The Morgan fingerprint density at radius 1 is 1.18 bits per heavy atom. The molecule has 0 bridgehead atoms. The standard InChI is InChI=1S/C18H18N2O2/c1-3-13-22-17-12-8-7-11-16(17)18(21)20-19-14(2)15-9-5-4-6-10-15/h3-12H,1,13H2,2H3,(H,20,21). The summed E-state index contributed by atoms with van der Waals surface area (Å²) < 4.78 is 5.47. The summed E-state index contributed by atoms with van der Waals surface area (Å²) in [5.41, 5.74) is 4.69. The molecule has 0 saturated carbocycles. The Kier molecular flexibility index (Phi) is 5.49. The maximum absolute atomic E-state index is 12.2. The van der Waals surface area contributed by atoms with Crippen LogP contribution in [0.15, 0.2) is 72.4 Å². The van der Waals surface area contributed by atoms with Gasteiger partial charge in [0.25, 0.3) is 5.91 Å². The normalized spacial score (nSPS) is 10.9. The van der Waals surface area contributed by atoms with E-state index in [9.17, 15) is 4.79 Å². The van der Waals surface area contributed by atoms with Crippen molar-refractivity contribution in [3.8, 4) is 5.75 Å². The fourth-order valence-corrected chi connectivity index (χ4v) is 1.87. The molecule has 0 aliphatic carbocycles. The summed E-state index contributed by atoms with van der Waals surface area (Å²) in [6.45, 7) is 5.78. The molecule has 22 heavy (non-hydrogen) atoms. The van der Waals surface area contributed by atoms with Gasteiger partial charge in [-0.15, -0.1) is 0 Å². The van der Waals surface area contributed by atoms with Gasteiger partial charge in [-0.2, -0.15) is 5.10 Å². The third-order valence-corrected chi connectivity index (χ3v) is 3.01. The number of carbonyl (C=O) groups is 1. The summed E-state index contributed by atoms with van der Waals surface area (Å²) in [5.74, 6) is 0.197. The maximum atomic E-state index is 12.2. The van der Waals surface area contributed by atoms with Gasteiger partial charge in [-0.25, -0.2) is 5.43 Å². The second-order valence-corrected chi connectivity index (χ2v) is 4.60. The molecule has 0 aromatic heterocycles. The van der Waals surface area contributed by atoms with Crippen LogP contribution in [0.3, 0.4) is 0 Å². The van der Waals surface area contributed by atoms with Gasteiger partial charge in [-0.05, 0) is 24.6 Å². The largest absolute Gasteiger partial charge is 0.489 e. The van der Waals surface area contributed by atoms with Crippen LogP contribution in [0.4, 0.5) is 0 Å². The molecule has 1 N–H and O–H groups in total. The predicted octanol–water partition coefficient (Wildman–Crippen LogP) is 3.41. The highest BCUT2D eigenvalue weighted by molar-refractivity contribution is 6.01. The number of nitrogens with zero attached hydrogens (tertiary/aromatic N) is 1. The van der Waals surface area contributed by atoms with Gasteiger partial charge in [0, 0.05) is 0 Å². The molecule has 0 aliphatic heterocycles. The highest BCUT2D eigenvalue weighted by Gasteiger charge is 2.11. The zero-order valence-electron chi connectivity index (χ0n) is 12.5. The first-order valence-corrected chi connectivity index (χ1v) is 6.95. The van der Waals surface area contributed by atoms with Crippen LogP contribution >= 0.6 is 0 Å². The minimum atomic E-state index is -0.310. The summed E-state index contributed by atoms with van der Waals surface area (Å²) >= 11 is 0. The lowest BCUT2D eigenvalue weighted by atomic mass is 10.1. The highest BCUT2D eigenvalue weighted by Crippen LogP contribution is 2.17. The van der Waals surface area contributed by atoms with Crippen molar-refractivity contribution in [3.05, 3.63) is 78.4 Å². The molecule has 0 spiro atoms. The Morgan fingerprint density at radius 2 is 1.86 bits per heavy atom. The molecule has 112 valence electrons. The zero-order valence-corrected chi connectivity index (χ0v) is 12.5. The van der Waals surface area contributed by atoms with Crippen LogP contribution in [-0.2, 0) is 0 Å². The van der Waals surface area contributed by atoms with Gasteiger partial charge in [0.1, 0.15) is 12.4 Å². The maximum Gasteiger partial charge on any atom is 0.275 e. The average Bonchev–Trinajstić information content (AvgIpc) is 2.58. The van der Waals surface area contributed by atoms with Crippen LogP contribution in [0.1, 0.15) is 22.8 Å². The van der Waals surface area contributed by atoms with Crippen molar-refractivity contribution in [1.82, 2.24) is 5.43 Å².